The summed E-state index contributed by atoms with van der Waals surface area (Å²) in [6.45, 7) is 0. The molecule has 0 radical (unpaired) electrons. The second-order valence-corrected chi connectivity index (χ2v) is 0. The third-order valence-corrected chi connectivity index (χ3v) is 0. The zero-order chi connectivity index (χ0) is 0. The molecule has 0 N–H and O–H groups in total. The van der Waals surface area contributed by atoms with Crippen LogP contribution in [-0.4, -0.2) is 153 Å². The summed E-state index contributed by atoms with van der Waals surface area (Å²) < 4.78 is 0. The van der Waals surface area contributed by atoms with E-state index in [1.807, 2.05) is 0 Å². The van der Waals surface area contributed by atoms with Crippen LogP contribution < -0.4 is 0 Å². The van der Waals surface area contributed by atoms with E-state index in [0.717, 1.165) is 0 Å². The number of hydrogen-bond donors (Lipinski definition) is 0. The maximum atomic E-state index is 0. The molecule has 44 valence electrons. The molecule has 0 atom stereocenters. The van der Waals surface area contributed by atoms with Gasteiger partial charge in [-0.25, -0.2) is 0 Å². The fraction of sp³-hybridized carbons (Fsp3) is 0. The topological polar surface area (TPSA) is 0 Å². The van der Waals surface area contributed by atoms with Crippen molar-refractivity contribution in [2.24, 2.45) is 0 Å². The van der Waals surface area contributed by atoms with Crippen molar-refractivity contribution in [3.8, 4) is 0 Å². The molecule has 8 heavy (non-hydrogen) atoms. The Morgan fingerprint density at radius 3 is 0.625 bits per heavy atom. The van der Waals surface area contributed by atoms with Crippen molar-refractivity contribution in [1.29, 1.82) is 0 Å². The number of halogens is 4. The second kappa shape index (κ2) is 51.4. The van der Waals surface area contributed by atoms with Gasteiger partial charge >= 0.3 is 153 Å². The van der Waals surface area contributed by atoms with E-state index < -0.39 is 0 Å². The van der Waals surface area contributed by atoms with Gasteiger partial charge in [0.1, 0.15) is 0 Å². The Morgan fingerprint density at radius 1 is 0.625 bits per heavy atom. The Morgan fingerprint density at radius 2 is 0.625 bits per heavy atom. The van der Waals surface area contributed by atoms with Gasteiger partial charge in [0.15, 0.2) is 0 Å². The Balaban J connectivity index is 0. The molecule has 0 aliphatic rings. The molecule has 0 aromatic heterocycles. The van der Waals surface area contributed by atoms with Crippen molar-refractivity contribution in [3.63, 3.8) is 0 Å². The van der Waals surface area contributed by atoms with E-state index in [2.05, 4.69) is 0 Å². The van der Waals surface area contributed by atoms with Gasteiger partial charge in [-0.1, -0.05) is 0 Å². The molecule has 0 rings (SSSR count). The maximum absolute atomic E-state index is 0. The van der Waals surface area contributed by atoms with Crippen molar-refractivity contribution in [3.05, 3.63) is 0 Å². The number of rotatable bonds is 0. The van der Waals surface area contributed by atoms with Gasteiger partial charge in [-0.3, -0.25) is 0 Å². The summed E-state index contributed by atoms with van der Waals surface area (Å²) in [6.07, 6.45) is 0. The van der Waals surface area contributed by atoms with Crippen LogP contribution in [0.3, 0.4) is 0 Å². The fourth-order valence-electron chi connectivity index (χ4n) is 0. The van der Waals surface area contributed by atoms with Crippen LogP contribution in [0.25, 0.3) is 0 Å². The third-order valence-electron chi connectivity index (χ3n) is 0. The summed E-state index contributed by atoms with van der Waals surface area (Å²) >= 11 is 0. The van der Waals surface area contributed by atoms with Crippen LogP contribution in [0.2, 0.25) is 0 Å². The minimum absolute atomic E-state index is 0. The summed E-state index contributed by atoms with van der Waals surface area (Å²) in [7, 11) is 0. The van der Waals surface area contributed by atoms with Crippen molar-refractivity contribution in [2.75, 3.05) is 0 Å². The molecule has 0 saturated heterocycles. The van der Waals surface area contributed by atoms with E-state index in [1.165, 1.54) is 0 Å². The summed E-state index contributed by atoms with van der Waals surface area (Å²) in [4.78, 5) is 0. The summed E-state index contributed by atoms with van der Waals surface area (Å²) in [6, 6.07) is 0. The van der Waals surface area contributed by atoms with Crippen molar-refractivity contribution in [2.45, 2.75) is 0 Å². The summed E-state index contributed by atoms with van der Waals surface area (Å²) in [5.41, 5.74) is 0. The van der Waals surface area contributed by atoms with Gasteiger partial charge in [0.25, 0.3) is 0 Å². The van der Waals surface area contributed by atoms with Crippen LogP contribution >= 0.6 is 49.6 Å². The van der Waals surface area contributed by atoms with Gasteiger partial charge < -0.3 is 0 Å². The van der Waals surface area contributed by atoms with Crippen molar-refractivity contribution in [1.82, 2.24) is 0 Å². The van der Waals surface area contributed by atoms with E-state index in [0.29, 0.717) is 0 Å². The first-order valence-corrected chi connectivity index (χ1v) is 0. The zero-order valence-electron chi connectivity index (χ0n) is 1.63. The minimum atomic E-state index is 0. The molecule has 0 aromatic rings. The van der Waals surface area contributed by atoms with Crippen LogP contribution in [0, 0.1) is 0 Å². The van der Waals surface area contributed by atoms with Crippen molar-refractivity contribution < 1.29 is 0 Å². The molecule has 8 heteroatoms. The molecule has 0 spiro atoms. The molecule has 0 saturated carbocycles. The predicted octanol–water partition coefficient (Wildman–Crippen LogP) is -1.44. The van der Waals surface area contributed by atoms with Gasteiger partial charge in [-0.05, 0) is 0 Å². The summed E-state index contributed by atoms with van der Waals surface area (Å²) in [5, 5.41) is 0. The standard InChI is InChI=1S/Ba.4ClH.K.Mg.Na.6H/h;4*1H;;;;;;;;;. The average Bonchev–Trinajstić information content (AvgIpc) is 0. The molecule has 0 aliphatic heterocycles. The summed E-state index contributed by atoms with van der Waals surface area (Å²) in [5.74, 6) is 0. The van der Waals surface area contributed by atoms with Crippen LogP contribution in [0.5, 0.6) is 0 Å². The Labute approximate surface area is 196 Å². The Kier molecular flexibility index (Phi) is 416. The first-order valence-electron chi connectivity index (χ1n) is 0. The Hall–Kier alpha value is 6.13. The first-order chi connectivity index (χ1) is 0. The zero-order valence-corrected chi connectivity index (χ0v) is 4.90. The second-order valence-electron chi connectivity index (χ2n) is 0. The molecule has 0 heterocycles. The average molecular weight is 376 g/mol. The van der Waals surface area contributed by atoms with Gasteiger partial charge in [0, 0.05) is 0 Å². The van der Waals surface area contributed by atoms with Gasteiger partial charge in [0.05, 0.1) is 0 Å². The van der Waals surface area contributed by atoms with Gasteiger partial charge in [-0.15, -0.1) is 49.6 Å². The quantitative estimate of drug-likeness (QED) is 0.455. The predicted molar refractivity (Wildman–Crippen MR) is 60.4 cm³/mol. The SMILES string of the molecule is Cl.Cl.Cl.Cl.[BaH2].[KH].[MgH2].[NaH]. The normalized spacial score (nSPS) is 0. The Bertz CT molecular complexity index is 16.0. The molecule has 0 bridgehead atoms. The molecule has 0 nitrogen and oxygen atoms in total. The van der Waals surface area contributed by atoms with Gasteiger partial charge in [0.2, 0.25) is 0 Å². The molecule has 0 unspecified atom stereocenters. The molecule has 0 fully saturated rings. The van der Waals surface area contributed by atoms with E-state index in [1.54, 1.807) is 0 Å². The van der Waals surface area contributed by atoms with E-state index in [4.69, 9.17) is 0 Å². The fourth-order valence-corrected chi connectivity index (χ4v) is 0. The molecule has 0 aromatic carbocycles. The monoisotopic (exact) mass is 374 g/mol. The van der Waals surface area contributed by atoms with E-state index >= 15 is 0 Å². The molecule has 0 amide bonds. The van der Waals surface area contributed by atoms with Crippen molar-refractivity contribution >= 4 is 203 Å². The first kappa shape index (κ1) is 64.8. The molecular formula is H10BaCl4KMgNa. The van der Waals surface area contributed by atoms with Crippen LogP contribution in [0.15, 0.2) is 0 Å². The van der Waals surface area contributed by atoms with Crippen LogP contribution in [0.1, 0.15) is 0 Å². The molecule has 0 aliphatic carbocycles. The van der Waals surface area contributed by atoms with E-state index in [9.17, 15) is 0 Å². The number of hydrogen-bond acceptors (Lipinski definition) is 0. The third kappa shape index (κ3) is 40.0. The van der Waals surface area contributed by atoms with Crippen LogP contribution in [-0.2, 0) is 0 Å². The van der Waals surface area contributed by atoms with E-state index in [-0.39, 0.29) is 203 Å². The van der Waals surface area contributed by atoms with Crippen LogP contribution in [0.4, 0.5) is 0 Å². The van der Waals surface area contributed by atoms with Gasteiger partial charge in [-0.2, -0.15) is 0 Å². The molecular weight excluding hydrogens is 366 g/mol.